The Kier molecular flexibility index (Phi) is 2.79. The predicted octanol–water partition coefficient (Wildman–Crippen LogP) is 2.56. The van der Waals surface area contributed by atoms with E-state index < -0.39 is 0 Å². The van der Waals surface area contributed by atoms with Crippen molar-refractivity contribution >= 4 is 0 Å². The summed E-state index contributed by atoms with van der Waals surface area (Å²) in [6.45, 7) is 10.6. The molecule has 0 aliphatic carbocycles. The average molecular weight is 204 g/mol. The summed E-state index contributed by atoms with van der Waals surface area (Å²) in [5.41, 5.74) is 1.84. The summed E-state index contributed by atoms with van der Waals surface area (Å²) in [7, 11) is 0. The molecule has 0 atom stereocenters. The van der Waals surface area contributed by atoms with Crippen LogP contribution < -0.4 is 0 Å². The average Bonchev–Trinajstić information content (AvgIpc) is 2.10. The van der Waals surface area contributed by atoms with Crippen molar-refractivity contribution in [1.29, 1.82) is 0 Å². The minimum Gasteiger partial charge on any atom is -0.298 e. The van der Waals surface area contributed by atoms with Crippen LogP contribution in [0.4, 0.5) is 0 Å². The highest BCUT2D eigenvalue weighted by molar-refractivity contribution is 5.10. The third kappa shape index (κ3) is 2.57. The summed E-state index contributed by atoms with van der Waals surface area (Å²) >= 11 is 0. The number of nitrogens with zero attached hydrogens (tertiary/aromatic N) is 2. The summed E-state index contributed by atoms with van der Waals surface area (Å²) in [6.07, 6.45) is 3.74. The molecular weight excluding hydrogens is 184 g/mol. The molecule has 15 heavy (non-hydrogen) atoms. The molecule has 1 saturated heterocycles. The maximum absolute atomic E-state index is 4.03. The monoisotopic (exact) mass is 204 g/mol. The van der Waals surface area contributed by atoms with Gasteiger partial charge in [0.25, 0.3) is 0 Å². The second-order valence-corrected chi connectivity index (χ2v) is 5.61. The molecule has 0 spiro atoms. The van der Waals surface area contributed by atoms with Gasteiger partial charge in [-0.1, -0.05) is 20.8 Å². The van der Waals surface area contributed by atoms with Crippen LogP contribution in [0.25, 0.3) is 0 Å². The van der Waals surface area contributed by atoms with Crippen molar-refractivity contribution in [2.45, 2.75) is 27.3 Å². The molecule has 1 fully saturated rings. The molecule has 1 aromatic heterocycles. The van der Waals surface area contributed by atoms with E-state index in [4.69, 9.17) is 0 Å². The van der Waals surface area contributed by atoms with Gasteiger partial charge >= 0.3 is 0 Å². The topological polar surface area (TPSA) is 16.1 Å². The van der Waals surface area contributed by atoms with Gasteiger partial charge in [0.05, 0.1) is 0 Å². The summed E-state index contributed by atoms with van der Waals surface area (Å²) in [4.78, 5) is 6.54. The minimum absolute atomic E-state index is 0.467. The molecule has 0 bridgehead atoms. The highest BCUT2D eigenvalue weighted by Gasteiger charge is 2.35. The number of hydrogen-bond acceptors (Lipinski definition) is 2. The van der Waals surface area contributed by atoms with E-state index >= 15 is 0 Å². The van der Waals surface area contributed by atoms with Crippen molar-refractivity contribution < 1.29 is 0 Å². The second-order valence-electron chi connectivity index (χ2n) is 5.61. The van der Waals surface area contributed by atoms with E-state index in [0.717, 1.165) is 12.5 Å². The Morgan fingerprint density at radius 1 is 1.27 bits per heavy atom. The third-order valence-corrected chi connectivity index (χ3v) is 3.34. The highest BCUT2D eigenvalue weighted by atomic mass is 15.2. The maximum Gasteiger partial charge on any atom is 0.0271 e. The molecule has 0 aromatic carbocycles. The van der Waals surface area contributed by atoms with Gasteiger partial charge in [0.2, 0.25) is 0 Å². The van der Waals surface area contributed by atoms with Crippen LogP contribution in [-0.2, 0) is 6.54 Å². The largest absolute Gasteiger partial charge is 0.298 e. The zero-order chi connectivity index (χ0) is 10.9. The fourth-order valence-electron chi connectivity index (χ4n) is 1.99. The van der Waals surface area contributed by atoms with Gasteiger partial charge in [-0.25, -0.2) is 0 Å². The normalized spacial score (nSPS) is 18.9. The van der Waals surface area contributed by atoms with Gasteiger partial charge in [0, 0.05) is 32.0 Å². The van der Waals surface area contributed by atoms with E-state index in [1.807, 2.05) is 12.4 Å². The molecule has 2 heteroatoms. The van der Waals surface area contributed by atoms with Gasteiger partial charge < -0.3 is 0 Å². The first-order valence-corrected chi connectivity index (χ1v) is 5.67. The number of hydrogen-bond donors (Lipinski definition) is 0. The lowest BCUT2D eigenvalue weighted by Gasteiger charge is -2.46. The summed E-state index contributed by atoms with van der Waals surface area (Å²) in [5.74, 6) is 0.860. The lowest BCUT2D eigenvalue weighted by atomic mass is 9.76. The molecular formula is C13H20N2. The molecule has 0 unspecified atom stereocenters. The molecule has 0 N–H and O–H groups in total. The van der Waals surface area contributed by atoms with Crippen molar-refractivity contribution in [3.8, 4) is 0 Å². The quantitative estimate of drug-likeness (QED) is 0.736. The Morgan fingerprint density at radius 3 is 2.40 bits per heavy atom. The number of likely N-dealkylation sites (tertiary alicyclic amines) is 1. The molecule has 2 rings (SSSR count). The summed E-state index contributed by atoms with van der Waals surface area (Å²) in [6, 6.07) is 4.20. The fraction of sp³-hybridized carbons (Fsp3) is 0.615. The molecule has 0 amide bonds. The van der Waals surface area contributed by atoms with Gasteiger partial charge in [-0.15, -0.1) is 0 Å². The van der Waals surface area contributed by atoms with E-state index in [-0.39, 0.29) is 0 Å². The lowest BCUT2D eigenvalue weighted by Crippen LogP contribution is -2.51. The number of rotatable bonds is 2. The van der Waals surface area contributed by atoms with Crippen LogP contribution in [0.2, 0.25) is 0 Å². The van der Waals surface area contributed by atoms with Gasteiger partial charge in [0.15, 0.2) is 0 Å². The molecule has 82 valence electrons. The first-order valence-electron chi connectivity index (χ1n) is 5.67. The highest BCUT2D eigenvalue weighted by Crippen LogP contribution is 2.34. The molecule has 1 aliphatic heterocycles. The van der Waals surface area contributed by atoms with Crippen LogP contribution in [0, 0.1) is 11.3 Å². The fourth-order valence-corrected chi connectivity index (χ4v) is 1.99. The lowest BCUT2D eigenvalue weighted by molar-refractivity contribution is 0.0189. The van der Waals surface area contributed by atoms with Crippen LogP contribution in [0.3, 0.4) is 0 Å². The van der Waals surface area contributed by atoms with E-state index in [1.165, 1.54) is 18.7 Å². The Hall–Kier alpha value is -0.890. The van der Waals surface area contributed by atoms with E-state index in [9.17, 15) is 0 Å². The van der Waals surface area contributed by atoms with E-state index in [2.05, 4.69) is 42.8 Å². The first-order chi connectivity index (χ1) is 7.05. The van der Waals surface area contributed by atoms with Gasteiger partial charge in [0.1, 0.15) is 0 Å². The molecule has 0 saturated carbocycles. The van der Waals surface area contributed by atoms with Gasteiger partial charge in [-0.05, 0) is 29.0 Å². The van der Waals surface area contributed by atoms with Crippen molar-refractivity contribution in [3.63, 3.8) is 0 Å². The molecule has 2 heterocycles. The number of aromatic nitrogens is 1. The maximum atomic E-state index is 4.03. The van der Waals surface area contributed by atoms with Crippen molar-refractivity contribution in [2.24, 2.45) is 11.3 Å². The van der Waals surface area contributed by atoms with Crippen molar-refractivity contribution in [3.05, 3.63) is 30.1 Å². The number of pyridine rings is 1. The molecule has 1 aliphatic rings. The van der Waals surface area contributed by atoms with Crippen LogP contribution in [0.1, 0.15) is 26.3 Å². The Morgan fingerprint density at radius 2 is 1.87 bits per heavy atom. The van der Waals surface area contributed by atoms with Crippen molar-refractivity contribution in [1.82, 2.24) is 9.88 Å². The van der Waals surface area contributed by atoms with Crippen LogP contribution >= 0.6 is 0 Å². The van der Waals surface area contributed by atoms with Crippen molar-refractivity contribution in [2.75, 3.05) is 13.1 Å². The summed E-state index contributed by atoms with van der Waals surface area (Å²) < 4.78 is 0. The standard InChI is InChI=1S/C13H20N2/c1-13(2,3)12-9-15(10-12)8-11-4-6-14-7-5-11/h4-7,12H,8-10H2,1-3H3. The van der Waals surface area contributed by atoms with Crippen LogP contribution in [-0.4, -0.2) is 23.0 Å². The van der Waals surface area contributed by atoms with Crippen LogP contribution in [0.15, 0.2) is 24.5 Å². The first kappa shape index (κ1) is 10.6. The second kappa shape index (κ2) is 3.93. The van der Waals surface area contributed by atoms with Gasteiger partial charge in [-0.3, -0.25) is 9.88 Å². The predicted molar refractivity (Wildman–Crippen MR) is 62.5 cm³/mol. The SMILES string of the molecule is CC(C)(C)C1CN(Cc2ccncc2)C1. The third-order valence-electron chi connectivity index (χ3n) is 3.34. The van der Waals surface area contributed by atoms with Crippen LogP contribution in [0.5, 0.6) is 0 Å². The molecule has 0 radical (unpaired) electrons. The Labute approximate surface area is 92.3 Å². The zero-order valence-electron chi connectivity index (χ0n) is 9.90. The summed E-state index contributed by atoms with van der Waals surface area (Å²) in [5, 5.41) is 0. The molecule has 2 nitrogen and oxygen atoms in total. The minimum atomic E-state index is 0.467. The Balaban J connectivity index is 1.82. The molecule has 1 aromatic rings. The Bertz CT molecular complexity index is 307. The van der Waals surface area contributed by atoms with E-state index in [0.29, 0.717) is 5.41 Å². The zero-order valence-corrected chi connectivity index (χ0v) is 9.90. The smallest absolute Gasteiger partial charge is 0.0271 e. The van der Waals surface area contributed by atoms with E-state index in [1.54, 1.807) is 0 Å². The van der Waals surface area contributed by atoms with Gasteiger partial charge in [-0.2, -0.15) is 0 Å².